The van der Waals surface area contributed by atoms with Gasteiger partial charge in [-0.2, -0.15) is 0 Å². The molecule has 1 unspecified atom stereocenters. The Morgan fingerprint density at radius 1 is 1.35 bits per heavy atom. The van der Waals surface area contributed by atoms with Gasteiger partial charge in [-0.25, -0.2) is 0 Å². The van der Waals surface area contributed by atoms with Crippen LogP contribution in [0.15, 0.2) is 34.1 Å². The highest BCUT2D eigenvalue weighted by Crippen LogP contribution is 2.39. The van der Waals surface area contributed by atoms with Crippen LogP contribution in [0.25, 0.3) is 0 Å². The Labute approximate surface area is 119 Å². The van der Waals surface area contributed by atoms with Crippen LogP contribution in [0, 0.1) is 6.92 Å². The largest absolute Gasteiger partial charge is 0.497 e. The molecule has 1 nitrogen and oxygen atoms in total. The van der Waals surface area contributed by atoms with E-state index in [4.69, 9.17) is 16.3 Å². The molecule has 0 aliphatic rings. The molecule has 4 heteroatoms. The quantitative estimate of drug-likeness (QED) is 0.706. The molecule has 1 heterocycles. The maximum Gasteiger partial charge on any atom is 0.120 e. The lowest BCUT2D eigenvalue weighted by Gasteiger charge is -2.12. The second-order valence-electron chi connectivity index (χ2n) is 3.72. The van der Waals surface area contributed by atoms with E-state index in [-0.39, 0.29) is 5.38 Å². The van der Waals surface area contributed by atoms with Gasteiger partial charge in [-0.05, 0) is 41.6 Å². The first-order valence-electron chi connectivity index (χ1n) is 5.15. The third kappa shape index (κ3) is 2.67. The topological polar surface area (TPSA) is 9.23 Å². The second kappa shape index (κ2) is 5.42. The monoisotopic (exact) mass is 330 g/mol. The summed E-state index contributed by atoms with van der Waals surface area (Å²) in [5, 5.41) is 1.95. The van der Waals surface area contributed by atoms with Crippen molar-refractivity contribution in [2.24, 2.45) is 0 Å². The minimum Gasteiger partial charge on any atom is -0.497 e. The van der Waals surface area contributed by atoms with E-state index in [9.17, 15) is 0 Å². The standard InChI is InChI=1S/C13H12BrClOS/c1-8-5-6-17-13(8)12(15)10-4-3-9(16-2)7-11(10)14/h3-7,12H,1-2H3. The van der Waals surface area contributed by atoms with Crippen LogP contribution in [0.5, 0.6) is 5.75 Å². The summed E-state index contributed by atoms with van der Waals surface area (Å²) in [7, 11) is 1.66. The third-order valence-electron chi connectivity index (χ3n) is 2.61. The maximum absolute atomic E-state index is 6.52. The highest BCUT2D eigenvalue weighted by atomic mass is 79.9. The molecule has 1 aromatic carbocycles. The van der Waals surface area contributed by atoms with Crippen molar-refractivity contribution in [3.8, 4) is 5.75 Å². The highest BCUT2D eigenvalue weighted by Gasteiger charge is 2.17. The van der Waals surface area contributed by atoms with Gasteiger partial charge >= 0.3 is 0 Å². The molecule has 0 saturated carbocycles. The van der Waals surface area contributed by atoms with Gasteiger partial charge in [0.25, 0.3) is 0 Å². The summed E-state index contributed by atoms with van der Waals surface area (Å²) < 4.78 is 6.15. The maximum atomic E-state index is 6.52. The number of benzene rings is 1. The summed E-state index contributed by atoms with van der Waals surface area (Å²) in [5.41, 5.74) is 2.30. The predicted octanol–water partition coefficient (Wildman–Crippen LogP) is 5.16. The van der Waals surface area contributed by atoms with E-state index in [0.29, 0.717) is 0 Å². The average molecular weight is 332 g/mol. The molecular formula is C13H12BrClOS. The molecule has 90 valence electrons. The molecule has 0 spiro atoms. The van der Waals surface area contributed by atoms with Gasteiger partial charge in [-0.3, -0.25) is 0 Å². The van der Waals surface area contributed by atoms with Crippen LogP contribution in [-0.4, -0.2) is 7.11 Å². The molecule has 0 fully saturated rings. The Morgan fingerprint density at radius 3 is 2.65 bits per heavy atom. The molecule has 0 radical (unpaired) electrons. The fourth-order valence-corrected chi connectivity index (χ4v) is 3.78. The number of rotatable bonds is 3. The van der Waals surface area contributed by atoms with E-state index in [1.807, 2.05) is 18.2 Å². The first-order chi connectivity index (χ1) is 8.13. The van der Waals surface area contributed by atoms with Crippen molar-refractivity contribution in [3.05, 3.63) is 50.1 Å². The van der Waals surface area contributed by atoms with E-state index in [1.165, 1.54) is 10.4 Å². The first-order valence-corrected chi connectivity index (χ1v) is 7.26. The van der Waals surface area contributed by atoms with E-state index >= 15 is 0 Å². The Morgan fingerprint density at radius 2 is 2.12 bits per heavy atom. The zero-order valence-electron chi connectivity index (χ0n) is 9.54. The van der Waals surface area contributed by atoms with Gasteiger partial charge in [0.2, 0.25) is 0 Å². The van der Waals surface area contributed by atoms with Gasteiger partial charge < -0.3 is 4.74 Å². The summed E-state index contributed by atoms with van der Waals surface area (Å²) >= 11 is 11.7. The van der Waals surface area contributed by atoms with Gasteiger partial charge in [0, 0.05) is 9.35 Å². The minimum absolute atomic E-state index is 0.115. The normalized spacial score (nSPS) is 12.5. The first kappa shape index (κ1) is 12.9. The Hall–Kier alpha value is -0.510. The Balaban J connectivity index is 2.38. The lowest BCUT2D eigenvalue weighted by molar-refractivity contribution is 0.414. The fraction of sp³-hybridized carbons (Fsp3) is 0.231. The molecule has 0 N–H and O–H groups in total. The van der Waals surface area contributed by atoms with Gasteiger partial charge in [-0.1, -0.05) is 22.0 Å². The Kier molecular flexibility index (Phi) is 4.13. The van der Waals surface area contributed by atoms with Crippen molar-refractivity contribution in [2.45, 2.75) is 12.3 Å². The van der Waals surface area contributed by atoms with Crippen LogP contribution in [0.3, 0.4) is 0 Å². The molecule has 0 bridgehead atoms. The number of halogens is 2. The van der Waals surface area contributed by atoms with Crippen molar-refractivity contribution < 1.29 is 4.74 Å². The van der Waals surface area contributed by atoms with Crippen molar-refractivity contribution in [1.29, 1.82) is 0 Å². The summed E-state index contributed by atoms with van der Waals surface area (Å²) in [6.45, 7) is 2.08. The van der Waals surface area contributed by atoms with Gasteiger partial charge in [0.15, 0.2) is 0 Å². The number of methoxy groups -OCH3 is 1. The molecule has 0 aliphatic heterocycles. The number of thiophene rings is 1. The fourth-order valence-electron chi connectivity index (χ4n) is 1.63. The van der Waals surface area contributed by atoms with Crippen LogP contribution in [0.2, 0.25) is 0 Å². The SMILES string of the molecule is COc1ccc(C(Cl)c2sccc2C)c(Br)c1. The molecule has 1 aromatic heterocycles. The van der Waals surface area contributed by atoms with Crippen LogP contribution >= 0.6 is 38.9 Å². The summed E-state index contributed by atoms with van der Waals surface area (Å²) in [4.78, 5) is 1.19. The van der Waals surface area contributed by atoms with Gasteiger partial charge in [0.05, 0.1) is 12.5 Å². The lowest BCUT2D eigenvalue weighted by atomic mass is 10.1. The Bertz CT molecular complexity index is 524. The third-order valence-corrected chi connectivity index (χ3v) is 4.97. The van der Waals surface area contributed by atoms with Crippen molar-refractivity contribution >= 4 is 38.9 Å². The van der Waals surface area contributed by atoms with Gasteiger partial charge in [0.1, 0.15) is 5.75 Å². The van der Waals surface area contributed by atoms with Gasteiger partial charge in [-0.15, -0.1) is 22.9 Å². The smallest absolute Gasteiger partial charge is 0.120 e. The summed E-state index contributed by atoms with van der Waals surface area (Å²) in [6, 6.07) is 7.96. The molecule has 1 atom stereocenters. The number of hydrogen-bond acceptors (Lipinski definition) is 2. The van der Waals surface area contributed by atoms with Crippen LogP contribution in [0.4, 0.5) is 0 Å². The van der Waals surface area contributed by atoms with E-state index in [0.717, 1.165) is 15.8 Å². The molecular weight excluding hydrogens is 320 g/mol. The second-order valence-corrected chi connectivity index (χ2v) is 5.96. The predicted molar refractivity (Wildman–Crippen MR) is 77.4 cm³/mol. The minimum atomic E-state index is -0.115. The average Bonchev–Trinajstić information content (AvgIpc) is 2.74. The zero-order valence-corrected chi connectivity index (χ0v) is 12.7. The van der Waals surface area contributed by atoms with Crippen molar-refractivity contribution in [2.75, 3.05) is 7.11 Å². The highest BCUT2D eigenvalue weighted by molar-refractivity contribution is 9.10. The number of hydrogen-bond donors (Lipinski definition) is 0. The van der Waals surface area contributed by atoms with E-state index in [1.54, 1.807) is 18.4 Å². The van der Waals surface area contributed by atoms with Crippen molar-refractivity contribution in [1.82, 2.24) is 0 Å². The van der Waals surface area contributed by atoms with Crippen molar-refractivity contribution in [3.63, 3.8) is 0 Å². The van der Waals surface area contributed by atoms with E-state index in [2.05, 4.69) is 34.3 Å². The molecule has 0 amide bonds. The zero-order chi connectivity index (χ0) is 12.4. The lowest BCUT2D eigenvalue weighted by Crippen LogP contribution is -1.94. The number of aryl methyl sites for hydroxylation is 1. The number of alkyl halides is 1. The summed E-state index contributed by atoms with van der Waals surface area (Å²) in [5.74, 6) is 0.826. The summed E-state index contributed by atoms with van der Waals surface area (Å²) in [6.07, 6.45) is 0. The van der Waals surface area contributed by atoms with Crippen LogP contribution in [0.1, 0.15) is 21.4 Å². The molecule has 0 aliphatic carbocycles. The molecule has 0 saturated heterocycles. The molecule has 17 heavy (non-hydrogen) atoms. The molecule has 2 aromatic rings. The van der Waals surface area contributed by atoms with Crippen LogP contribution < -0.4 is 4.74 Å². The molecule has 2 rings (SSSR count). The van der Waals surface area contributed by atoms with E-state index < -0.39 is 0 Å². The van der Waals surface area contributed by atoms with Crippen LogP contribution in [-0.2, 0) is 0 Å². The number of ether oxygens (including phenoxy) is 1.